The van der Waals surface area contributed by atoms with Crippen molar-refractivity contribution in [1.29, 1.82) is 0 Å². The van der Waals surface area contributed by atoms with Crippen molar-refractivity contribution in [3.05, 3.63) is 10.3 Å². The molecule has 5 nitrogen and oxygen atoms in total. The SMILES string of the molecule is Cn1nnc(Br)c1C(C)(C)CC(=O)O. The Bertz CT molecular complexity index is 340. The highest BCUT2D eigenvalue weighted by molar-refractivity contribution is 9.10. The second kappa shape index (κ2) is 3.68. The Balaban J connectivity index is 3.08. The second-order valence-electron chi connectivity index (χ2n) is 3.81. The van der Waals surface area contributed by atoms with Gasteiger partial charge in [-0.25, -0.2) is 0 Å². The summed E-state index contributed by atoms with van der Waals surface area (Å²) < 4.78 is 2.19. The highest BCUT2D eigenvalue weighted by Crippen LogP contribution is 2.30. The molecule has 1 aromatic rings. The summed E-state index contributed by atoms with van der Waals surface area (Å²) in [6.07, 6.45) is 0.0484. The lowest BCUT2D eigenvalue weighted by molar-refractivity contribution is -0.138. The van der Waals surface area contributed by atoms with Gasteiger partial charge in [0.2, 0.25) is 0 Å². The fraction of sp³-hybridized carbons (Fsp3) is 0.625. The Kier molecular flexibility index (Phi) is 2.94. The van der Waals surface area contributed by atoms with E-state index in [2.05, 4.69) is 26.2 Å². The Labute approximate surface area is 90.2 Å². The quantitative estimate of drug-likeness (QED) is 0.892. The molecule has 0 radical (unpaired) electrons. The number of hydrogen-bond acceptors (Lipinski definition) is 3. The first-order valence-electron chi connectivity index (χ1n) is 4.12. The third kappa shape index (κ3) is 2.12. The molecule has 0 aromatic carbocycles. The van der Waals surface area contributed by atoms with E-state index in [0.717, 1.165) is 5.69 Å². The minimum absolute atomic E-state index is 0.0484. The Morgan fingerprint density at radius 1 is 1.64 bits per heavy atom. The Hall–Kier alpha value is -0.910. The van der Waals surface area contributed by atoms with Gasteiger partial charge in [0.15, 0.2) is 4.60 Å². The summed E-state index contributed by atoms with van der Waals surface area (Å²) in [7, 11) is 1.75. The summed E-state index contributed by atoms with van der Waals surface area (Å²) in [5.41, 5.74) is 0.308. The smallest absolute Gasteiger partial charge is 0.304 e. The monoisotopic (exact) mass is 261 g/mol. The van der Waals surface area contributed by atoms with Gasteiger partial charge in [-0.3, -0.25) is 9.48 Å². The van der Waals surface area contributed by atoms with Crippen LogP contribution >= 0.6 is 15.9 Å². The van der Waals surface area contributed by atoms with Crippen molar-refractivity contribution >= 4 is 21.9 Å². The average Bonchev–Trinajstić information content (AvgIpc) is 2.27. The molecule has 0 aliphatic heterocycles. The largest absolute Gasteiger partial charge is 0.481 e. The van der Waals surface area contributed by atoms with Gasteiger partial charge >= 0.3 is 5.97 Å². The van der Waals surface area contributed by atoms with E-state index in [1.165, 1.54) is 0 Å². The van der Waals surface area contributed by atoms with Crippen molar-refractivity contribution in [3.63, 3.8) is 0 Å². The average molecular weight is 262 g/mol. The van der Waals surface area contributed by atoms with E-state index >= 15 is 0 Å². The fourth-order valence-electron chi connectivity index (χ4n) is 1.51. The zero-order chi connectivity index (χ0) is 10.9. The van der Waals surface area contributed by atoms with Gasteiger partial charge in [-0.2, -0.15) is 0 Å². The van der Waals surface area contributed by atoms with Crippen molar-refractivity contribution < 1.29 is 9.90 Å². The summed E-state index contributed by atoms with van der Waals surface area (Å²) in [5.74, 6) is -0.830. The maximum atomic E-state index is 10.7. The van der Waals surface area contributed by atoms with Crippen molar-refractivity contribution in [3.8, 4) is 0 Å². The lowest BCUT2D eigenvalue weighted by Gasteiger charge is -2.22. The number of carboxylic acid groups (broad SMARTS) is 1. The number of halogens is 1. The van der Waals surface area contributed by atoms with Gasteiger partial charge < -0.3 is 5.11 Å². The zero-order valence-corrected chi connectivity index (χ0v) is 9.87. The molecular formula is C8H12BrN3O2. The number of aliphatic carboxylic acids is 1. The van der Waals surface area contributed by atoms with Crippen molar-refractivity contribution in [1.82, 2.24) is 15.0 Å². The highest BCUT2D eigenvalue weighted by atomic mass is 79.9. The van der Waals surface area contributed by atoms with E-state index in [1.807, 2.05) is 13.8 Å². The number of hydrogen-bond donors (Lipinski definition) is 1. The molecule has 0 amide bonds. The lowest BCUT2D eigenvalue weighted by Crippen LogP contribution is -2.25. The van der Waals surface area contributed by atoms with Crippen LogP contribution in [0.2, 0.25) is 0 Å². The molecule has 1 heterocycles. The molecule has 6 heteroatoms. The molecule has 0 bridgehead atoms. The topological polar surface area (TPSA) is 68.0 Å². The maximum Gasteiger partial charge on any atom is 0.304 e. The van der Waals surface area contributed by atoms with Crippen LogP contribution < -0.4 is 0 Å². The van der Waals surface area contributed by atoms with Gasteiger partial charge in [0.1, 0.15) is 0 Å². The molecule has 0 aliphatic carbocycles. The molecule has 1 aromatic heterocycles. The van der Waals surface area contributed by atoms with E-state index in [9.17, 15) is 4.79 Å². The third-order valence-corrected chi connectivity index (χ3v) is 2.55. The maximum absolute atomic E-state index is 10.7. The molecule has 14 heavy (non-hydrogen) atoms. The van der Waals surface area contributed by atoms with E-state index in [0.29, 0.717) is 4.60 Å². The van der Waals surface area contributed by atoms with Gasteiger partial charge in [-0.1, -0.05) is 19.1 Å². The molecule has 0 aliphatic rings. The van der Waals surface area contributed by atoms with Crippen LogP contribution in [0.1, 0.15) is 26.0 Å². The predicted molar refractivity (Wildman–Crippen MR) is 54.0 cm³/mol. The molecule has 1 rings (SSSR count). The molecule has 0 unspecified atom stereocenters. The van der Waals surface area contributed by atoms with Crippen LogP contribution in [0, 0.1) is 0 Å². The molecule has 78 valence electrons. The molecular weight excluding hydrogens is 250 g/mol. The molecule has 1 N–H and O–H groups in total. The minimum Gasteiger partial charge on any atom is -0.481 e. The molecule has 0 spiro atoms. The number of carbonyl (C=O) groups is 1. The van der Waals surface area contributed by atoms with Crippen molar-refractivity contribution in [2.75, 3.05) is 0 Å². The summed E-state index contributed by atoms with van der Waals surface area (Å²) in [6.45, 7) is 3.70. The van der Waals surface area contributed by atoms with E-state index in [-0.39, 0.29) is 6.42 Å². The van der Waals surface area contributed by atoms with Crippen LogP contribution in [-0.2, 0) is 17.3 Å². The van der Waals surface area contributed by atoms with Gasteiger partial charge in [-0.05, 0) is 15.9 Å². The third-order valence-electron chi connectivity index (χ3n) is 2.02. The summed E-state index contributed by atoms with van der Waals surface area (Å²) in [4.78, 5) is 10.7. The van der Waals surface area contributed by atoms with Crippen LogP contribution in [-0.4, -0.2) is 26.1 Å². The van der Waals surface area contributed by atoms with Gasteiger partial charge in [0.25, 0.3) is 0 Å². The molecule has 0 saturated carbocycles. The summed E-state index contributed by atoms with van der Waals surface area (Å²) in [6, 6.07) is 0. The molecule has 0 saturated heterocycles. The van der Waals surface area contributed by atoms with Crippen LogP contribution in [0.25, 0.3) is 0 Å². The van der Waals surface area contributed by atoms with E-state index in [1.54, 1.807) is 11.7 Å². The van der Waals surface area contributed by atoms with Crippen LogP contribution in [0.4, 0.5) is 0 Å². The van der Waals surface area contributed by atoms with Crippen molar-refractivity contribution in [2.45, 2.75) is 25.7 Å². The van der Waals surface area contributed by atoms with Crippen LogP contribution in [0.15, 0.2) is 4.60 Å². The first-order valence-corrected chi connectivity index (χ1v) is 4.91. The first kappa shape index (κ1) is 11.2. The van der Waals surface area contributed by atoms with Crippen LogP contribution in [0.3, 0.4) is 0 Å². The molecule has 0 atom stereocenters. The number of nitrogens with zero attached hydrogens (tertiary/aromatic N) is 3. The normalized spacial score (nSPS) is 11.7. The highest BCUT2D eigenvalue weighted by Gasteiger charge is 2.30. The predicted octanol–water partition coefficient (Wildman–Crippen LogP) is 1.33. The Morgan fingerprint density at radius 2 is 2.21 bits per heavy atom. The molecule has 0 fully saturated rings. The van der Waals surface area contributed by atoms with Gasteiger partial charge in [0, 0.05) is 12.5 Å². The number of rotatable bonds is 3. The standard InChI is InChI=1S/C8H12BrN3O2/c1-8(2,4-5(13)14)6-7(9)10-11-12(6)3/h4H2,1-3H3,(H,13,14). The summed E-state index contributed by atoms with van der Waals surface area (Å²) in [5, 5.41) is 16.4. The van der Waals surface area contributed by atoms with Gasteiger partial charge in [0.05, 0.1) is 12.1 Å². The number of aryl methyl sites for hydroxylation is 1. The first-order chi connectivity index (χ1) is 6.34. The minimum atomic E-state index is -0.830. The Morgan fingerprint density at radius 3 is 2.57 bits per heavy atom. The summed E-state index contributed by atoms with van der Waals surface area (Å²) >= 11 is 3.26. The lowest BCUT2D eigenvalue weighted by atomic mass is 9.86. The fourth-order valence-corrected chi connectivity index (χ4v) is 2.38. The van der Waals surface area contributed by atoms with Crippen molar-refractivity contribution in [2.24, 2.45) is 7.05 Å². The number of carboxylic acids is 1. The van der Waals surface area contributed by atoms with Crippen LogP contribution in [0.5, 0.6) is 0 Å². The number of aromatic nitrogens is 3. The second-order valence-corrected chi connectivity index (χ2v) is 4.56. The van der Waals surface area contributed by atoms with E-state index in [4.69, 9.17) is 5.11 Å². The zero-order valence-electron chi connectivity index (χ0n) is 8.28. The van der Waals surface area contributed by atoms with Gasteiger partial charge in [-0.15, -0.1) is 5.10 Å². The van der Waals surface area contributed by atoms with E-state index < -0.39 is 11.4 Å².